The van der Waals surface area contributed by atoms with Gasteiger partial charge in [0, 0.05) is 19.8 Å². The van der Waals surface area contributed by atoms with E-state index >= 15 is 0 Å². The van der Waals surface area contributed by atoms with Crippen LogP contribution < -0.4 is 10.1 Å². The number of likely N-dealkylation sites (N-methyl/N-ethyl adjacent to an activating group) is 1. The van der Waals surface area contributed by atoms with E-state index in [0.29, 0.717) is 6.61 Å². The summed E-state index contributed by atoms with van der Waals surface area (Å²) in [5.41, 5.74) is 3.58. The molecule has 0 aliphatic heterocycles. The van der Waals surface area contributed by atoms with Gasteiger partial charge in [0.1, 0.15) is 6.61 Å². The van der Waals surface area contributed by atoms with Crippen LogP contribution in [0.2, 0.25) is 0 Å². The zero-order valence-electron chi connectivity index (χ0n) is 15.0. The smallest absolute Gasteiger partial charge is 0.221 e. The van der Waals surface area contributed by atoms with Crippen LogP contribution in [0.3, 0.4) is 0 Å². The monoisotopic (exact) mass is 306 g/mol. The molecule has 1 aromatic heterocycles. The molecule has 0 radical (unpaired) electrons. The van der Waals surface area contributed by atoms with E-state index in [1.54, 1.807) is 10.9 Å². The quantitative estimate of drug-likeness (QED) is 0.477. The summed E-state index contributed by atoms with van der Waals surface area (Å²) < 4.78 is 7.58. The van der Waals surface area contributed by atoms with Crippen molar-refractivity contribution in [2.75, 3.05) is 20.2 Å². The van der Waals surface area contributed by atoms with Crippen molar-refractivity contribution in [3.05, 3.63) is 29.5 Å². The lowest BCUT2D eigenvalue weighted by Gasteiger charge is -2.09. The molecule has 0 aliphatic carbocycles. The first-order chi connectivity index (χ1) is 10.5. The van der Waals surface area contributed by atoms with Crippen molar-refractivity contribution in [1.82, 2.24) is 15.1 Å². The first-order valence-electron chi connectivity index (χ1n) is 7.68. The summed E-state index contributed by atoms with van der Waals surface area (Å²) in [4.78, 5) is 4.42. The second-order valence-electron chi connectivity index (χ2n) is 4.60. The second-order valence-corrected chi connectivity index (χ2v) is 4.60. The van der Waals surface area contributed by atoms with Crippen LogP contribution in [0.1, 0.15) is 39.0 Å². The lowest BCUT2D eigenvalue weighted by atomic mass is 10.1. The average molecular weight is 306 g/mol. The summed E-state index contributed by atoms with van der Waals surface area (Å²) >= 11 is 0. The molecule has 1 rings (SSSR count). The van der Waals surface area contributed by atoms with Crippen molar-refractivity contribution in [2.45, 2.75) is 34.6 Å². The number of rotatable bonds is 7. The Bertz CT molecular complexity index is 527. The van der Waals surface area contributed by atoms with Crippen LogP contribution in [-0.4, -0.2) is 36.2 Å². The van der Waals surface area contributed by atoms with Crippen LogP contribution in [0.15, 0.2) is 23.2 Å². The predicted octanol–water partition coefficient (Wildman–Crippen LogP) is 3.36. The van der Waals surface area contributed by atoms with Gasteiger partial charge in [-0.25, -0.2) is 4.68 Å². The fraction of sp³-hybridized carbons (Fsp3) is 0.529. The lowest BCUT2D eigenvalue weighted by molar-refractivity contribution is 0.290. The second kappa shape index (κ2) is 10.8. The van der Waals surface area contributed by atoms with Gasteiger partial charge in [-0.2, -0.15) is 5.10 Å². The lowest BCUT2D eigenvalue weighted by Crippen LogP contribution is -2.17. The third kappa shape index (κ3) is 5.85. The van der Waals surface area contributed by atoms with Gasteiger partial charge in [0.2, 0.25) is 5.88 Å². The van der Waals surface area contributed by atoms with Crippen molar-refractivity contribution in [3.63, 3.8) is 0 Å². The molecule has 0 bridgehead atoms. The molecule has 0 spiro atoms. The Balaban J connectivity index is 0.00000211. The Morgan fingerprint density at radius 2 is 2.09 bits per heavy atom. The van der Waals surface area contributed by atoms with E-state index in [1.807, 2.05) is 54.8 Å². The van der Waals surface area contributed by atoms with Crippen LogP contribution in [-0.2, 0) is 7.05 Å². The molecule has 22 heavy (non-hydrogen) atoms. The number of allylic oxidation sites excluding steroid dienone is 2. The number of aryl methyl sites for hydroxylation is 2. The highest BCUT2D eigenvalue weighted by Crippen LogP contribution is 2.30. The molecule has 5 nitrogen and oxygen atoms in total. The topological polar surface area (TPSA) is 51.4 Å². The molecule has 0 saturated carbocycles. The minimum absolute atomic E-state index is 0.582. The fourth-order valence-electron chi connectivity index (χ4n) is 1.89. The van der Waals surface area contributed by atoms with Crippen LogP contribution in [0, 0.1) is 6.92 Å². The minimum atomic E-state index is 0.582. The Morgan fingerprint density at radius 1 is 1.45 bits per heavy atom. The van der Waals surface area contributed by atoms with E-state index in [1.165, 1.54) is 0 Å². The maximum Gasteiger partial charge on any atom is 0.221 e. The number of ether oxygens (including phenoxy) is 1. The van der Waals surface area contributed by atoms with Crippen LogP contribution in [0.4, 0.5) is 0 Å². The molecule has 0 fully saturated rings. The largest absolute Gasteiger partial charge is 0.476 e. The molecular formula is C17H30N4O. The summed E-state index contributed by atoms with van der Waals surface area (Å²) in [7, 11) is 3.77. The molecule has 0 atom stereocenters. The van der Waals surface area contributed by atoms with Crippen molar-refractivity contribution < 1.29 is 4.74 Å². The van der Waals surface area contributed by atoms with Gasteiger partial charge in [-0.3, -0.25) is 4.99 Å². The highest BCUT2D eigenvalue weighted by atomic mass is 16.5. The van der Waals surface area contributed by atoms with Gasteiger partial charge in [0.25, 0.3) is 0 Å². The zero-order chi connectivity index (χ0) is 17.1. The Labute approximate surface area is 134 Å². The van der Waals surface area contributed by atoms with Gasteiger partial charge >= 0.3 is 0 Å². The number of hydrogen-bond acceptors (Lipinski definition) is 4. The molecule has 0 unspecified atom stereocenters. The maximum absolute atomic E-state index is 5.83. The highest BCUT2D eigenvalue weighted by molar-refractivity contribution is 5.77. The number of nitrogens with zero attached hydrogens (tertiary/aromatic N) is 3. The molecule has 1 heterocycles. The number of hydrogen-bond donors (Lipinski definition) is 1. The normalized spacial score (nSPS) is 11.3. The molecule has 5 heteroatoms. The summed E-state index contributed by atoms with van der Waals surface area (Å²) in [5.74, 6) is 0.732. The molecule has 1 N–H and O–H groups in total. The molecule has 0 aliphatic rings. The molecule has 0 saturated heterocycles. The number of aliphatic imine (C=N–C) groups is 1. The number of aromatic nitrogens is 2. The van der Waals surface area contributed by atoms with Crippen LogP contribution in [0.25, 0.3) is 5.70 Å². The number of nitrogens with one attached hydrogen (secondary N) is 1. The summed E-state index contributed by atoms with van der Waals surface area (Å²) in [6.07, 6.45) is 3.70. The van der Waals surface area contributed by atoms with Crippen molar-refractivity contribution in [1.29, 1.82) is 0 Å². The van der Waals surface area contributed by atoms with Crippen LogP contribution in [0.5, 0.6) is 5.88 Å². The first kappa shape index (κ1) is 20.1. The van der Waals surface area contributed by atoms with Crippen molar-refractivity contribution >= 4 is 11.9 Å². The zero-order valence-corrected chi connectivity index (χ0v) is 15.0. The third-order valence-electron chi connectivity index (χ3n) is 2.67. The Kier molecular flexibility index (Phi) is 9.87. The summed E-state index contributed by atoms with van der Waals surface area (Å²) in [5, 5.41) is 7.48. The van der Waals surface area contributed by atoms with E-state index in [4.69, 9.17) is 4.74 Å². The van der Waals surface area contributed by atoms with Gasteiger partial charge in [-0.05, 0) is 33.9 Å². The average Bonchev–Trinajstić information content (AvgIpc) is 2.75. The molecule has 0 amide bonds. The maximum atomic E-state index is 5.83. The molecule has 124 valence electrons. The van der Waals surface area contributed by atoms with Gasteiger partial charge in [-0.1, -0.05) is 26.0 Å². The van der Waals surface area contributed by atoms with E-state index in [2.05, 4.69) is 22.0 Å². The van der Waals surface area contributed by atoms with Gasteiger partial charge in [0.15, 0.2) is 0 Å². The molecular weight excluding hydrogens is 276 g/mol. The van der Waals surface area contributed by atoms with E-state index in [-0.39, 0.29) is 0 Å². The van der Waals surface area contributed by atoms with Gasteiger partial charge in [0.05, 0.1) is 17.0 Å². The van der Waals surface area contributed by atoms with Gasteiger partial charge < -0.3 is 10.1 Å². The predicted molar refractivity (Wildman–Crippen MR) is 95.7 cm³/mol. The summed E-state index contributed by atoms with van der Waals surface area (Å²) in [6, 6.07) is 0. The van der Waals surface area contributed by atoms with Gasteiger partial charge in [-0.15, -0.1) is 0 Å². The first-order valence-corrected chi connectivity index (χ1v) is 7.68. The minimum Gasteiger partial charge on any atom is -0.476 e. The van der Waals surface area contributed by atoms with E-state index < -0.39 is 0 Å². The third-order valence-corrected chi connectivity index (χ3v) is 2.67. The van der Waals surface area contributed by atoms with Crippen molar-refractivity contribution in [3.8, 4) is 5.88 Å². The standard InChI is InChI=1S/C15H24N4O.C2H6/c1-7-17-13(10-11(2)3)14-12(4)18-19(6)15(14)20-9-8-16-5;1-2/h7,10,16H,2,8-9H2,1,3-6H3;1-2H3/b13-10-,17-7?;. The highest BCUT2D eigenvalue weighted by Gasteiger charge is 2.18. The van der Waals surface area contributed by atoms with Crippen molar-refractivity contribution in [2.24, 2.45) is 12.0 Å². The Morgan fingerprint density at radius 3 is 2.59 bits per heavy atom. The van der Waals surface area contributed by atoms with Crippen LogP contribution >= 0.6 is 0 Å². The Hall–Kier alpha value is -1.88. The van der Waals surface area contributed by atoms with E-state index in [9.17, 15) is 0 Å². The molecule has 0 aromatic carbocycles. The van der Waals surface area contributed by atoms with E-state index in [0.717, 1.165) is 35.0 Å². The summed E-state index contributed by atoms with van der Waals surface area (Å²) in [6.45, 7) is 15.1. The SMILES string of the molecule is C=C(C)/C=C(\N=CC)c1c(C)nn(C)c1OCCNC.CC. The fourth-order valence-corrected chi connectivity index (χ4v) is 1.89. The molecule has 1 aromatic rings.